The average molecular weight is 597 g/mol. The summed E-state index contributed by atoms with van der Waals surface area (Å²) in [4.78, 5) is 32.7. The van der Waals surface area contributed by atoms with Crippen LogP contribution in [0.25, 0.3) is 0 Å². The van der Waals surface area contributed by atoms with Crippen molar-refractivity contribution in [1.82, 2.24) is 19.8 Å². The van der Waals surface area contributed by atoms with Gasteiger partial charge in [-0.05, 0) is 86.0 Å². The fourth-order valence-electron chi connectivity index (χ4n) is 6.43. The van der Waals surface area contributed by atoms with Gasteiger partial charge in [-0.15, -0.1) is 0 Å². The highest BCUT2D eigenvalue weighted by Gasteiger charge is 2.29. The molecular formula is C37H52N6O. The molecule has 0 bridgehead atoms. The Kier molecular flexibility index (Phi) is 11.6. The number of aryl methyl sites for hydroxylation is 1. The van der Waals surface area contributed by atoms with E-state index in [2.05, 4.69) is 92.8 Å². The number of carbonyl (C=O) groups excluding carboxylic acids is 1. The molecule has 0 unspecified atom stereocenters. The lowest BCUT2D eigenvalue weighted by atomic mass is 10.00. The number of likely N-dealkylation sites (tertiary alicyclic amines) is 1. The topological polar surface area (TPSA) is 55.8 Å². The summed E-state index contributed by atoms with van der Waals surface area (Å²) in [5.74, 6) is 1.83. The Hall–Kier alpha value is -3.45. The van der Waals surface area contributed by atoms with Crippen molar-refractivity contribution in [2.45, 2.75) is 78.3 Å². The van der Waals surface area contributed by atoms with E-state index in [4.69, 9.17) is 0 Å². The first kappa shape index (κ1) is 32.0. The number of carbonyl (C=O) groups is 1. The van der Waals surface area contributed by atoms with Crippen molar-refractivity contribution in [3.05, 3.63) is 83.8 Å². The Balaban J connectivity index is 1.24. The van der Waals surface area contributed by atoms with Crippen LogP contribution in [-0.4, -0.2) is 77.5 Å². The molecule has 236 valence electrons. The summed E-state index contributed by atoms with van der Waals surface area (Å²) < 4.78 is 0. The Morgan fingerprint density at radius 3 is 2.23 bits per heavy atom. The normalized spacial score (nSPS) is 16.5. The molecule has 0 aliphatic carbocycles. The predicted octanol–water partition coefficient (Wildman–Crippen LogP) is 6.69. The van der Waals surface area contributed by atoms with Gasteiger partial charge in [-0.25, -0.2) is 4.98 Å². The number of piperidine rings is 1. The zero-order valence-corrected chi connectivity index (χ0v) is 27.2. The number of hydrogen-bond donors (Lipinski definition) is 0. The van der Waals surface area contributed by atoms with Gasteiger partial charge in [0.2, 0.25) is 0 Å². The van der Waals surface area contributed by atoms with E-state index < -0.39 is 0 Å². The van der Waals surface area contributed by atoms with Gasteiger partial charge in [0.15, 0.2) is 0 Å². The maximum absolute atomic E-state index is 14.0. The van der Waals surface area contributed by atoms with Gasteiger partial charge < -0.3 is 19.6 Å². The third-order valence-electron chi connectivity index (χ3n) is 9.30. The molecule has 2 fully saturated rings. The van der Waals surface area contributed by atoms with Crippen LogP contribution in [-0.2, 0) is 13.0 Å². The van der Waals surface area contributed by atoms with E-state index in [1.54, 1.807) is 0 Å². The average Bonchev–Trinajstić information content (AvgIpc) is 3.07. The fraction of sp³-hybridized carbons (Fsp3) is 0.541. The molecule has 2 aromatic heterocycles. The first-order valence-electron chi connectivity index (χ1n) is 17.0. The molecule has 4 heterocycles. The number of rotatable bonds is 13. The van der Waals surface area contributed by atoms with Crippen molar-refractivity contribution in [1.29, 1.82) is 0 Å². The van der Waals surface area contributed by atoms with Crippen LogP contribution in [0.1, 0.15) is 80.9 Å². The van der Waals surface area contributed by atoms with Gasteiger partial charge in [-0.1, -0.05) is 57.9 Å². The summed E-state index contributed by atoms with van der Waals surface area (Å²) in [6.07, 6.45) is 11.7. The Labute approximate surface area is 265 Å². The predicted molar refractivity (Wildman–Crippen MR) is 181 cm³/mol. The smallest absolute Gasteiger partial charge is 0.272 e. The molecule has 44 heavy (non-hydrogen) atoms. The molecule has 1 aromatic carbocycles. The van der Waals surface area contributed by atoms with Gasteiger partial charge in [0, 0.05) is 69.9 Å². The van der Waals surface area contributed by atoms with Gasteiger partial charge >= 0.3 is 0 Å². The van der Waals surface area contributed by atoms with Gasteiger partial charge in [0.05, 0.1) is 0 Å². The van der Waals surface area contributed by atoms with Crippen LogP contribution < -0.4 is 9.80 Å². The number of pyridine rings is 2. The maximum atomic E-state index is 14.0. The summed E-state index contributed by atoms with van der Waals surface area (Å²) in [7, 11) is 0. The van der Waals surface area contributed by atoms with Crippen LogP contribution in [0.3, 0.4) is 0 Å². The van der Waals surface area contributed by atoms with Crippen molar-refractivity contribution in [3.8, 4) is 0 Å². The summed E-state index contributed by atoms with van der Waals surface area (Å²) >= 11 is 0. The zero-order chi connectivity index (χ0) is 30.7. The van der Waals surface area contributed by atoms with Gasteiger partial charge in [-0.2, -0.15) is 0 Å². The molecule has 1 amide bonds. The fourth-order valence-corrected chi connectivity index (χ4v) is 6.43. The van der Waals surface area contributed by atoms with E-state index in [0.29, 0.717) is 12.2 Å². The third-order valence-corrected chi connectivity index (χ3v) is 9.30. The van der Waals surface area contributed by atoms with Crippen molar-refractivity contribution in [3.63, 3.8) is 0 Å². The number of nitrogens with zero attached hydrogens (tertiary/aromatic N) is 6. The first-order chi connectivity index (χ1) is 21.5. The largest absolute Gasteiger partial charge is 0.368 e. The number of hydrogen-bond acceptors (Lipinski definition) is 6. The van der Waals surface area contributed by atoms with E-state index >= 15 is 0 Å². The van der Waals surface area contributed by atoms with E-state index in [-0.39, 0.29) is 11.9 Å². The lowest BCUT2D eigenvalue weighted by Crippen LogP contribution is -2.47. The molecule has 2 aliphatic rings. The molecule has 0 spiro atoms. The first-order valence-corrected chi connectivity index (χ1v) is 17.0. The second-order valence-electron chi connectivity index (χ2n) is 13.0. The molecule has 5 rings (SSSR count). The third kappa shape index (κ3) is 8.81. The lowest BCUT2D eigenvalue weighted by Gasteiger charge is -2.39. The van der Waals surface area contributed by atoms with Crippen LogP contribution in [0.15, 0.2) is 67.0 Å². The summed E-state index contributed by atoms with van der Waals surface area (Å²) in [6.45, 7) is 14.5. The second-order valence-corrected chi connectivity index (χ2v) is 13.0. The van der Waals surface area contributed by atoms with E-state index in [9.17, 15) is 4.79 Å². The number of benzene rings is 1. The lowest BCUT2D eigenvalue weighted by molar-refractivity contribution is 0.0540. The number of anilines is 2. The monoisotopic (exact) mass is 596 g/mol. The van der Waals surface area contributed by atoms with Crippen LogP contribution >= 0.6 is 0 Å². The van der Waals surface area contributed by atoms with Crippen molar-refractivity contribution >= 4 is 17.4 Å². The Bertz CT molecular complexity index is 1260. The SMILES string of the molecule is CCCCCc1ccc(C(=O)N(Cc2ccc(N3CCN(c4ccccn4)CC3)cc2)C2CCN(CCC(C)C)CC2)nc1. The highest BCUT2D eigenvalue weighted by atomic mass is 16.2. The second kappa shape index (κ2) is 16.0. The Morgan fingerprint density at radius 2 is 1.59 bits per heavy atom. The van der Waals surface area contributed by atoms with Crippen LogP contribution in [0.5, 0.6) is 0 Å². The molecule has 0 radical (unpaired) electrons. The number of piperazine rings is 1. The molecule has 7 nitrogen and oxygen atoms in total. The summed E-state index contributed by atoms with van der Waals surface area (Å²) in [5.41, 5.74) is 4.20. The molecule has 2 saturated heterocycles. The van der Waals surface area contributed by atoms with E-state index in [1.807, 2.05) is 24.5 Å². The molecule has 7 heteroatoms. The molecule has 2 aliphatic heterocycles. The molecule has 0 atom stereocenters. The van der Waals surface area contributed by atoms with Crippen LogP contribution in [0, 0.1) is 5.92 Å². The minimum absolute atomic E-state index is 0.0560. The Morgan fingerprint density at radius 1 is 0.864 bits per heavy atom. The van der Waals surface area contributed by atoms with Crippen molar-refractivity contribution in [2.24, 2.45) is 5.92 Å². The van der Waals surface area contributed by atoms with Crippen LogP contribution in [0.2, 0.25) is 0 Å². The minimum Gasteiger partial charge on any atom is -0.368 e. The van der Waals surface area contributed by atoms with E-state index in [1.165, 1.54) is 42.5 Å². The quantitative estimate of drug-likeness (QED) is 0.205. The molecule has 3 aromatic rings. The summed E-state index contributed by atoms with van der Waals surface area (Å²) in [6, 6.07) is 19.3. The van der Waals surface area contributed by atoms with Gasteiger partial charge in [-0.3, -0.25) is 9.78 Å². The highest BCUT2D eigenvalue weighted by Crippen LogP contribution is 2.25. The maximum Gasteiger partial charge on any atom is 0.272 e. The highest BCUT2D eigenvalue weighted by molar-refractivity contribution is 5.92. The van der Waals surface area contributed by atoms with E-state index in [0.717, 1.165) is 76.8 Å². The van der Waals surface area contributed by atoms with Crippen LogP contribution in [0.4, 0.5) is 11.5 Å². The zero-order valence-electron chi connectivity index (χ0n) is 27.2. The number of aromatic nitrogens is 2. The van der Waals surface area contributed by atoms with Crippen molar-refractivity contribution < 1.29 is 4.79 Å². The van der Waals surface area contributed by atoms with Crippen molar-refractivity contribution in [2.75, 3.05) is 55.6 Å². The number of amides is 1. The number of unbranched alkanes of at least 4 members (excludes halogenated alkanes) is 2. The minimum atomic E-state index is 0.0560. The standard InChI is InChI=1S/C37H52N6O/c1-4-5-6-9-31-13-16-35(39-28-31)37(44)43(34-18-22-40(23-19-34)21-17-30(2)3)29-32-11-14-33(15-12-32)41-24-26-42(27-25-41)36-10-7-8-20-38-36/h7-8,10-16,20,28,30,34H,4-6,9,17-19,21-27,29H2,1-3H3. The summed E-state index contributed by atoms with van der Waals surface area (Å²) in [5, 5.41) is 0. The van der Waals surface area contributed by atoms with Gasteiger partial charge in [0.25, 0.3) is 5.91 Å². The van der Waals surface area contributed by atoms with Gasteiger partial charge in [0.1, 0.15) is 11.5 Å². The molecule has 0 N–H and O–H groups in total. The molecular weight excluding hydrogens is 544 g/mol. The molecule has 0 saturated carbocycles.